The molecule has 0 aromatic heterocycles. The first-order valence-corrected chi connectivity index (χ1v) is 21.7. The van der Waals surface area contributed by atoms with Crippen LogP contribution in [-0.4, -0.2) is 114 Å². The van der Waals surface area contributed by atoms with Crippen LogP contribution in [0.5, 0.6) is 0 Å². The molecule has 3 aliphatic heterocycles. The Bertz CT molecular complexity index is 1740. The standard InChI is InChI=1S/C44H62F3N3O12/c1-6-8-10-21-42(22-11-9-7-2)60-35-31-24-43(40(56)48-23-20-32(52)49-30(26-51)17-19-34(54)59-41(3,4)5)37(39(55)58-31)50(62-38(43)36(35)61-42)25-29-14-12-28(13-15-29)16-18-33(53)57-27-44(45,46)47/h12-16,18,30-31,35-38,51H,6-11,17,19-27H2,1-5H3,(H,48,56)(H,49,52)/t30-,31+,35-,36-,37+,38+,43+/m0/s1. The fourth-order valence-electron chi connectivity index (χ4n) is 8.62. The van der Waals surface area contributed by atoms with Gasteiger partial charge in [-0.25, -0.2) is 4.79 Å². The highest BCUT2D eigenvalue weighted by atomic mass is 19.4. The Kier molecular flexibility index (Phi) is 16.6. The highest BCUT2D eigenvalue weighted by Gasteiger charge is 2.76. The van der Waals surface area contributed by atoms with E-state index in [1.54, 1.807) is 45.0 Å². The second-order valence-corrected chi connectivity index (χ2v) is 17.6. The van der Waals surface area contributed by atoms with Crippen LogP contribution in [0.3, 0.4) is 0 Å². The maximum absolute atomic E-state index is 14.7. The summed E-state index contributed by atoms with van der Waals surface area (Å²) in [6.45, 7) is 7.23. The van der Waals surface area contributed by atoms with Gasteiger partial charge < -0.3 is 39.4 Å². The first kappa shape index (κ1) is 48.9. The van der Waals surface area contributed by atoms with Crippen molar-refractivity contribution in [2.75, 3.05) is 19.8 Å². The predicted octanol–water partition coefficient (Wildman–Crippen LogP) is 5.35. The van der Waals surface area contributed by atoms with Gasteiger partial charge in [0.15, 0.2) is 18.4 Å². The largest absolute Gasteiger partial charge is 0.460 e. The van der Waals surface area contributed by atoms with E-state index < -0.39 is 102 Å². The lowest BCUT2D eigenvalue weighted by Gasteiger charge is -2.48. The van der Waals surface area contributed by atoms with Gasteiger partial charge in [0, 0.05) is 44.7 Å². The third kappa shape index (κ3) is 12.5. The van der Waals surface area contributed by atoms with Crippen LogP contribution in [0.2, 0.25) is 0 Å². The summed E-state index contributed by atoms with van der Waals surface area (Å²) in [7, 11) is 0. The van der Waals surface area contributed by atoms with Crippen LogP contribution in [0, 0.1) is 5.41 Å². The monoisotopic (exact) mass is 881 g/mol. The number of aliphatic hydroxyl groups is 1. The lowest BCUT2D eigenvalue weighted by molar-refractivity contribution is -0.224. The molecule has 15 nitrogen and oxygen atoms in total. The van der Waals surface area contributed by atoms with E-state index in [9.17, 15) is 42.3 Å². The van der Waals surface area contributed by atoms with E-state index in [1.807, 2.05) is 0 Å². The average molecular weight is 882 g/mol. The van der Waals surface area contributed by atoms with Gasteiger partial charge in [0.05, 0.1) is 19.2 Å². The fraction of sp³-hybridized carbons (Fsp3) is 0.705. The Morgan fingerprint density at radius 3 is 2.26 bits per heavy atom. The van der Waals surface area contributed by atoms with Crippen LogP contribution >= 0.6 is 0 Å². The van der Waals surface area contributed by atoms with Crippen LogP contribution in [0.15, 0.2) is 30.3 Å². The summed E-state index contributed by atoms with van der Waals surface area (Å²) < 4.78 is 66.6. The molecule has 3 heterocycles. The molecule has 0 spiro atoms. The van der Waals surface area contributed by atoms with Crippen molar-refractivity contribution >= 4 is 35.8 Å². The molecule has 4 fully saturated rings. The molecule has 346 valence electrons. The number of aliphatic hydroxyl groups excluding tert-OH is 1. The maximum Gasteiger partial charge on any atom is 0.422 e. The van der Waals surface area contributed by atoms with Gasteiger partial charge in [0.2, 0.25) is 11.8 Å². The fourth-order valence-corrected chi connectivity index (χ4v) is 8.62. The van der Waals surface area contributed by atoms with E-state index in [-0.39, 0.29) is 38.8 Å². The molecule has 0 unspecified atom stereocenters. The molecule has 1 saturated carbocycles. The van der Waals surface area contributed by atoms with Crippen molar-refractivity contribution in [3.8, 4) is 0 Å². The smallest absolute Gasteiger partial charge is 0.422 e. The number of carbonyl (C=O) groups excluding carboxylic acids is 5. The molecule has 4 aliphatic rings. The Hall–Kier alpha value is -4.10. The van der Waals surface area contributed by atoms with E-state index in [1.165, 1.54) is 11.1 Å². The van der Waals surface area contributed by atoms with Gasteiger partial charge in [-0.15, -0.1) is 0 Å². The van der Waals surface area contributed by atoms with Gasteiger partial charge in [-0.05, 0) is 57.2 Å². The van der Waals surface area contributed by atoms with Crippen molar-refractivity contribution in [3.05, 3.63) is 41.5 Å². The average Bonchev–Trinajstić information content (AvgIpc) is 3.76. The highest BCUT2D eigenvalue weighted by molar-refractivity contribution is 5.94. The highest BCUT2D eigenvalue weighted by Crippen LogP contribution is 2.58. The van der Waals surface area contributed by atoms with Gasteiger partial charge in [0.25, 0.3) is 0 Å². The number of benzene rings is 1. The molecule has 5 rings (SSSR count). The second-order valence-electron chi connectivity index (χ2n) is 17.6. The Morgan fingerprint density at radius 2 is 1.65 bits per heavy atom. The second kappa shape index (κ2) is 21.1. The first-order chi connectivity index (χ1) is 29.3. The number of hydrogen-bond donors (Lipinski definition) is 3. The number of nitrogens with one attached hydrogen (secondary N) is 2. The predicted molar refractivity (Wildman–Crippen MR) is 216 cm³/mol. The minimum Gasteiger partial charge on any atom is -0.460 e. The van der Waals surface area contributed by atoms with E-state index in [4.69, 9.17) is 23.8 Å². The lowest BCUT2D eigenvalue weighted by Crippen LogP contribution is -2.69. The summed E-state index contributed by atoms with van der Waals surface area (Å²) in [5, 5.41) is 16.9. The Balaban J connectivity index is 1.34. The number of nitrogens with zero attached hydrogens (tertiary/aromatic N) is 1. The number of amides is 2. The van der Waals surface area contributed by atoms with Crippen LogP contribution in [0.1, 0.15) is 123 Å². The minimum atomic E-state index is -4.65. The molecule has 3 saturated heterocycles. The third-order valence-corrected chi connectivity index (χ3v) is 11.4. The van der Waals surface area contributed by atoms with Crippen molar-refractivity contribution in [2.24, 2.45) is 5.41 Å². The number of carbonyl (C=O) groups is 5. The minimum absolute atomic E-state index is 0.0121. The first-order valence-electron chi connectivity index (χ1n) is 21.7. The van der Waals surface area contributed by atoms with Crippen molar-refractivity contribution in [2.45, 2.75) is 172 Å². The summed E-state index contributed by atoms with van der Waals surface area (Å²) in [6, 6.07) is 4.69. The Labute approximate surface area is 360 Å². The number of fused-ring (bicyclic) bond motifs is 4. The van der Waals surface area contributed by atoms with Crippen molar-refractivity contribution in [1.29, 1.82) is 0 Å². The zero-order chi connectivity index (χ0) is 45.3. The molecule has 1 aromatic carbocycles. The number of unbranched alkanes of at least 4 members (excludes halogenated alkanes) is 4. The molecule has 0 radical (unpaired) electrons. The number of rotatable bonds is 22. The van der Waals surface area contributed by atoms with Gasteiger partial charge >= 0.3 is 24.1 Å². The summed E-state index contributed by atoms with van der Waals surface area (Å²) in [5.41, 5.74) is -1.06. The molecule has 2 bridgehead atoms. The molecule has 1 aromatic rings. The molecule has 1 aliphatic carbocycles. The van der Waals surface area contributed by atoms with Crippen LogP contribution in [-0.2, 0) is 59.0 Å². The zero-order valence-corrected chi connectivity index (χ0v) is 36.3. The van der Waals surface area contributed by atoms with E-state index in [0.29, 0.717) is 24.0 Å². The molecular weight excluding hydrogens is 819 g/mol. The van der Waals surface area contributed by atoms with E-state index >= 15 is 0 Å². The van der Waals surface area contributed by atoms with E-state index in [0.717, 1.165) is 44.6 Å². The number of halogens is 3. The molecule has 7 atom stereocenters. The molecule has 62 heavy (non-hydrogen) atoms. The van der Waals surface area contributed by atoms with Gasteiger partial charge in [0.1, 0.15) is 35.4 Å². The van der Waals surface area contributed by atoms with Crippen LogP contribution in [0.25, 0.3) is 6.08 Å². The third-order valence-electron chi connectivity index (χ3n) is 11.4. The van der Waals surface area contributed by atoms with Gasteiger partial charge in [-0.1, -0.05) is 63.8 Å². The molecule has 18 heteroatoms. The number of ether oxygens (including phenoxy) is 5. The van der Waals surface area contributed by atoms with E-state index in [2.05, 4.69) is 29.2 Å². The number of hydrogen-bond acceptors (Lipinski definition) is 13. The SMILES string of the molecule is CCCCCC1(CCCCC)O[C@@H]2[C@H](O1)[C@H]1ON(Cc3ccc(C=CC(=O)OCC(F)(F)F)cc3)[C@@H]3C(=O)O[C@@H]2C[C@]13C(=O)NCCC(=O)N[C@H](CO)CCC(=O)OC(C)(C)C. The lowest BCUT2D eigenvalue weighted by atomic mass is 9.62. The summed E-state index contributed by atoms with van der Waals surface area (Å²) in [6.07, 6.45) is 1.10. The van der Waals surface area contributed by atoms with Gasteiger partial charge in [-0.2, -0.15) is 18.2 Å². The number of hydroxylamine groups is 2. The number of esters is 3. The van der Waals surface area contributed by atoms with Crippen LogP contribution in [0.4, 0.5) is 13.2 Å². The molecular formula is C44H62F3N3O12. The Morgan fingerprint density at radius 1 is 0.984 bits per heavy atom. The maximum atomic E-state index is 14.7. The summed E-state index contributed by atoms with van der Waals surface area (Å²) >= 11 is 0. The topological polar surface area (TPSA) is 188 Å². The number of alkyl halides is 3. The zero-order valence-electron chi connectivity index (χ0n) is 36.3. The molecule has 2 amide bonds. The van der Waals surface area contributed by atoms with Crippen molar-refractivity contribution in [3.63, 3.8) is 0 Å². The quantitative estimate of drug-likeness (QED) is 0.0586. The normalized spacial score (nSPS) is 25.8. The molecule has 3 N–H and O–H groups in total. The summed E-state index contributed by atoms with van der Waals surface area (Å²) in [5.74, 6) is -4.26. The van der Waals surface area contributed by atoms with Crippen molar-refractivity contribution in [1.82, 2.24) is 15.7 Å². The van der Waals surface area contributed by atoms with Crippen LogP contribution < -0.4 is 10.6 Å². The summed E-state index contributed by atoms with van der Waals surface area (Å²) in [4.78, 5) is 72.4. The van der Waals surface area contributed by atoms with Gasteiger partial charge in [-0.3, -0.25) is 24.0 Å². The van der Waals surface area contributed by atoms with Crippen molar-refractivity contribution < 1.29 is 70.8 Å².